The van der Waals surface area contributed by atoms with Crippen LogP contribution in [0.5, 0.6) is 0 Å². The molecule has 112 valence electrons. The first-order valence-corrected chi connectivity index (χ1v) is 7.50. The van der Waals surface area contributed by atoms with E-state index >= 15 is 0 Å². The molecule has 0 bridgehead atoms. The van der Waals surface area contributed by atoms with E-state index in [2.05, 4.69) is 15.8 Å². The summed E-state index contributed by atoms with van der Waals surface area (Å²) in [6, 6.07) is 5.62. The van der Waals surface area contributed by atoms with Crippen LogP contribution in [0, 0.1) is 5.82 Å². The maximum absolute atomic E-state index is 12.8. The second-order valence-electron chi connectivity index (χ2n) is 4.30. The number of thiazole rings is 1. The molecule has 0 aliphatic heterocycles. The van der Waals surface area contributed by atoms with E-state index in [9.17, 15) is 9.18 Å². The van der Waals surface area contributed by atoms with Gasteiger partial charge in [-0.25, -0.2) is 9.37 Å². The van der Waals surface area contributed by atoms with E-state index in [0.29, 0.717) is 16.5 Å². The van der Waals surface area contributed by atoms with Gasteiger partial charge in [0.2, 0.25) is 0 Å². The summed E-state index contributed by atoms with van der Waals surface area (Å²) in [4.78, 5) is 16.7. The summed E-state index contributed by atoms with van der Waals surface area (Å²) in [5.41, 5.74) is 6.36. The van der Waals surface area contributed by atoms with Gasteiger partial charge >= 0.3 is 0 Å². The van der Waals surface area contributed by atoms with Crippen LogP contribution in [0.2, 0.25) is 5.15 Å². The topological polar surface area (TPSA) is 58.4 Å². The number of nitrogens with zero attached hydrogens (tertiary/aromatic N) is 2. The van der Waals surface area contributed by atoms with Crippen LogP contribution in [-0.2, 0) is 4.79 Å². The highest BCUT2D eigenvalue weighted by Gasteiger charge is 2.08. The number of halogens is 2. The normalized spacial score (nSPS) is 11.2. The number of carbonyl (C=O) groups is 1. The lowest BCUT2D eigenvalue weighted by Crippen LogP contribution is -2.27. The van der Waals surface area contributed by atoms with Gasteiger partial charge in [-0.05, 0) is 30.3 Å². The molecular formula is C14H10ClFN4OS. The Labute approximate surface area is 134 Å². The number of hydrogen-bond acceptors (Lipinski definition) is 4. The van der Waals surface area contributed by atoms with Crippen LogP contribution in [-0.4, -0.2) is 15.3 Å². The molecule has 2 N–H and O–H groups in total. The summed E-state index contributed by atoms with van der Waals surface area (Å²) in [6.07, 6.45) is 4.74. The Bertz CT molecular complexity index is 840. The standard InChI is InChI=1S/C14H10ClFN4OS/c15-13-11(20-7-8-22-14(20)17-13)5-6-12(21)19-18-10-3-1-9(16)2-4-10/h1-8,18H,(H,19,21)/b6-5+. The van der Waals surface area contributed by atoms with E-state index in [1.807, 2.05) is 11.6 Å². The Morgan fingerprint density at radius 1 is 1.36 bits per heavy atom. The van der Waals surface area contributed by atoms with E-state index in [0.717, 1.165) is 4.96 Å². The monoisotopic (exact) mass is 336 g/mol. The van der Waals surface area contributed by atoms with Crippen LogP contribution >= 0.6 is 22.9 Å². The SMILES string of the molecule is O=C(/C=C/c1c(Cl)nc2sccn12)NNc1ccc(F)cc1. The molecule has 0 unspecified atom stereocenters. The molecule has 2 heterocycles. The number of amides is 1. The molecule has 0 radical (unpaired) electrons. The average molecular weight is 337 g/mol. The highest BCUT2D eigenvalue weighted by molar-refractivity contribution is 7.15. The van der Waals surface area contributed by atoms with Crippen molar-refractivity contribution in [2.24, 2.45) is 0 Å². The molecule has 3 rings (SSSR count). The maximum atomic E-state index is 12.8. The molecule has 1 amide bonds. The van der Waals surface area contributed by atoms with E-state index in [1.54, 1.807) is 10.5 Å². The van der Waals surface area contributed by atoms with Gasteiger partial charge in [-0.3, -0.25) is 20.0 Å². The second-order valence-corrected chi connectivity index (χ2v) is 5.53. The summed E-state index contributed by atoms with van der Waals surface area (Å²) in [7, 11) is 0. The van der Waals surface area contributed by atoms with Crippen molar-refractivity contribution in [3.8, 4) is 0 Å². The summed E-state index contributed by atoms with van der Waals surface area (Å²) in [6.45, 7) is 0. The molecular weight excluding hydrogens is 327 g/mol. The minimum atomic E-state index is -0.370. The third-order valence-electron chi connectivity index (χ3n) is 2.82. The van der Waals surface area contributed by atoms with Gasteiger partial charge in [0, 0.05) is 17.7 Å². The number of nitrogens with one attached hydrogen (secondary N) is 2. The second kappa shape index (κ2) is 6.17. The van der Waals surface area contributed by atoms with Crippen LogP contribution in [0.3, 0.4) is 0 Å². The fraction of sp³-hybridized carbons (Fsp3) is 0. The predicted octanol–water partition coefficient (Wildman–Crippen LogP) is 3.34. The van der Waals surface area contributed by atoms with Crippen molar-refractivity contribution in [1.82, 2.24) is 14.8 Å². The molecule has 0 saturated heterocycles. The number of hydrazine groups is 1. The van der Waals surface area contributed by atoms with Crippen molar-refractivity contribution in [2.75, 3.05) is 5.43 Å². The van der Waals surface area contributed by atoms with Gasteiger partial charge in [0.1, 0.15) is 5.82 Å². The van der Waals surface area contributed by atoms with Gasteiger partial charge in [-0.15, -0.1) is 11.3 Å². The van der Waals surface area contributed by atoms with E-state index in [4.69, 9.17) is 11.6 Å². The number of imidazole rings is 1. The molecule has 5 nitrogen and oxygen atoms in total. The van der Waals surface area contributed by atoms with Gasteiger partial charge in [0.25, 0.3) is 5.91 Å². The highest BCUT2D eigenvalue weighted by atomic mass is 35.5. The molecule has 1 aromatic carbocycles. The zero-order chi connectivity index (χ0) is 15.5. The Balaban J connectivity index is 1.65. The van der Waals surface area contributed by atoms with Gasteiger partial charge in [0.15, 0.2) is 10.1 Å². The number of fused-ring (bicyclic) bond motifs is 1. The van der Waals surface area contributed by atoms with Gasteiger partial charge in [0.05, 0.1) is 11.4 Å². The zero-order valence-electron chi connectivity index (χ0n) is 11.1. The van der Waals surface area contributed by atoms with Crippen LogP contribution in [0.4, 0.5) is 10.1 Å². The van der Waals surface area contributed by atoms with Gasteiger partial charge < -0.3 is 0 Å². The van der Waals surface area contributed by atoms with E-state index in [1.165, 1.54) is 41.7 Å². The molecule has 22 heavy (non-hydrogen) atoms. The quantitative estimate of drug-likeness (QED) is 0.567. The van der Waals surface area contributed by atoms with Crippen molar-refractivity contribution < 1.29 is 9.18 Å². The highest BCUT2D eigenvalue weighted by Crippen LogP contribution is 2.22. The fourth-order valence-corrected chi connectivity index (χ4v) is 2.79. The van der Waals surface area contributed by atoms with Crippen molar-refractivity contribution in [3.63, 3.8) is 0 Å². The minimum absolute atomic E-state index is 0.336. The van der Waals surface area contributed by atoms with E-state index in [-0.39, 0.29) is 11.7 Å². The Morgan fingerprint density at radius 3 is 2.91 bits per heavy atom. The first-order chi connectivity index (χ1) is 10.6. The molecule has 3 aromatic rings. The number of rotatable bonds is 4. The predicted molar refractivity (Wildman–Crippen MR) is 85.3 cm³/mol. The van der Waals surface area contributed by atoms with Crippen molar-refractivity contribution >= 4 is 45.6 Å². The summed E-state index contributed by atoms with van der Waals surface area (Å²) in [5.74, 6) is -0.711. The van der Waals surface area contributed by atoms with Crippen molar-refractivity contribution in [1.29, 1.82) is 0 Å². The number of aromatic nitrogens is 2. The van der Waals surface area contributed by atoms with Crippen LogP contribution in [0.25, 0.3) is 11.0 Å². The third kappa shape index (κ3) is 3.10. The van der Waals surface area contributed by atoms with E-state index < -0.39 is 0 Å². The lowest BCUT2D eigenvalue weighted by atomic mass is 10.3. The van der Waals surface area contributed by atoms with Crippen LogP contribution < -0.4 is 10.9 Å². The average Bonchev–Trinajstić information content (AvgIpc) is 3.05. The molecule has 0 atom stereocenters. The minimum Gasteiger partial charge on any atom is -0.298 e. The van der Waals surface area contributed by atoms with Gasteiger partial charge in [-0.1, -0.05) is 11.6 Å². The van der Waals surface area contributed by atoms with Crippen molar-refractivity contribution in [2.45, 2.75) is 0 Å². The first kappa shape index (κ1) is 14.6. The molecule has 8 heteroatoms. The number of hydrogen-bond donors (Lipinski definition) is 2. The van der Waals surface area contributed by atoms with Crippen LogP contribution in [0.1, 0.15) is 5.69 Å². The Morgan fingerprint density at radius 2 is 2.14 bits per heavy atom. The molecule has 0 aliphatic rings. The molecule has 2 aromatic heterocycles. The Kier molecular flexibility index (Phi) is 4.08. The number of benzene rings is 1. The third-order valence-corrected chi connectivity index (χ3v) is 3.86. The number of anilines is 1. The molecule has 0 aliphatic carbocycles. The first-order valence-electron chi connectivity index (χ1n) is 6.24. The summed E-state index contributed by atoms with van der Waals surface area (Å²) in [5, 5.41) is 2.22. The largest absolute Gasteiger partial charge is 0.298 e. The molecule has 0 fully saturated rings. The lowest BCUT2D eigenvalue weighted by molar-refractivity contribution is -0.115. The number of carbonyl (C=O) groups excluding carboxylic acids is 1. The van der Waals surface area contributed by atoms with Crippen LogP contribution in [0.15, 0.2) is 41.9 Å². The fourth-order valence-electron chi connectivity index (χ4n) is 1.79. The summed E-state index contributed by atoms with van der Waals surface area (Å²) < 4.78 is 14.6. The lowest BCUT2D eigenvalue weighted by Gasteiger charge is -2.05. The molecule has 0 spiro atoms. The maximum Gasteiger partial charge on any atom is 0.262 e. The summed E-state index contributed by atoms with van der Waals surface area (Å²) >= 11 is 7.48. The smallest absolute Gasteiger partial charge is 0.262 e. The zero-order valence-corrected chi connectivity index (χ0v) is 12.7. The van der Waals surface area contributed by atoms with Crippen molar-refractivity contribution in [3.05, 3.63) is 58.6 Å². The van der Waals surface area contributed by atoms with Gasteiger partial charge in [-0.2, -0.15) is 0 Å². The Hall–Kier alpha value is -2.38. The molecule has 0 saturated carbocycles.